The maximum atomic E-state index is 9.41. The summed E-state index contributed by atoms with van der Waals surface area (Å²) in [7, 11) is 0. The van der Waals surface area contributed by atoms with Gasteiger partial charge in [0, 0.05) is 0 Å². The molecule has 0 fully saturated rings. The molecule has 2 atom stereocenters. The van der Waals surface area contributed by atoms with E-state index in [0.717, 1.165) is 16.7 Å². The molecule has 0 aliphatic carbocycles. The van der Waals surface area contributed by atoms with Gasteiger partial charge in [0.1, 0.15) is 36.9 Å². The van der Waals surface area contributed by atoms with Gasteiger partial charge in [-0.25, -0.2) is 0 Å². The fourth-order valence-electron chi connectivity index (χ4n) is 2.15. The summed E-state index contributed by atoms with van der Waals surface area (Å²) in [6.45, 7) is 3.97. The standard InChI is InChI=1S/C20H23ClO5/c1-14(15-2-6-19(7-3-15)25-12-17(23)10-21)16-4-8-20(9-5-16)26-13-18(24)11-22/h2-9,17-18,22-24H,1,10-13H2. The van der Waals surface area contributed by atoms with Crippen molar-refractivity contribution in [3.8, 4) is 11.5 Å². The van der Waals surface area contributed by atoms with Crippen molar-refractivity contribution in [2.45, 2.75) is 12.2 Å². The zero-order valence-electron chi connectivity index (χ0n) is 14.3. The summed E-state index contributed by atoms with van der Waals surface area (Å²) in [5.74, 6) is 1.39. The number of ether oxygens (including phenoxy) is 2. The number of aliphatic hydroxyl groups is 3. The smallest absolute Gasteiger partial charge is 0.119 e. The third kappa shape index (κ3) is 6.04. The first-order valence-electron chi connectivity index (χ1n) is 8.21. The fourth-order valence-corrected chi connectivity index (χ4v) is 2.24. The molecule has 26 heavy (non-hydrogen) atoms. The summed E-state index contributed by atoms with van der Waals surface area (Å²) < 4.78 is 10.8. The third-order valence-electron chi connectivity index (χ3n) is 3.68. The molecule has 5 nitrogen and oxygen atoms in total. The summed E-state index contributed by atoms with van der Waals surface area (Å²) in [6.07, 6.45) is -1.58. The molecule has 140 valence electrons. The lowest BCUT2D eigenvalue weighted by molar-refractivity contribution is 0.0536. The van der Waals surface area contributed by atoms with Crippen LogP contribution in [0.4, 0.5) is 0 Å². The van der Waals surface area contributed by atoms with Gasteiger partial charge in [-0.2, -0.15) is 0 Å². The molecule has 0 bridgehead atoms. The number of hydrogen-bond acceptors (Lipinski definition) is 5. The zero-order chi connectivity index (χ0) is 18.9. The Balaban J connectivity index is 1.95. The molecule has 0 aliphatic heterocycles. The number of benzene rings is 2. The summed E-state index contributed by atoms with van der Waals surface area (Å²) >= 11 is 5.53. The first-order valence-corrected chi connectivity index (χ1v) is 8.75. The van der Waals surface area contributed by atoms with Gasteiger partial charge in [0.2, 0.25) is 0 Å². The van der Waals surface area contributed by atoms with Crippen LogP contribution in [-0.2, 0) is 0 Å². The van der Waals surface area contributed by atoms with E-state index in [2.05, 4.69) is 6.58 Å². The Kier molecular flexibility index (Phi) is 7.94. The molecule has 2 aromatic rings. The van der Waals surface area contributed by atoms with E-state index in [1.807, 2.05) is 36.4 Å². The second kappa shape index (κ2) is 10.2. The SMILES string of the molecule is C=C(c1ccc(OCC(O)CO)cc1)c1ccc(OCC(O)CCl)cc1. The Morgan fingerprint density at radius 1 is 0.846 bits per heavy atom. The molecular weight excluding hydrogens is 356 g/mol. The van der Waals surface area contributed by atoms with Crippen LogP contribution in [0.3, 0.4) is 0 Å². The van der Waals surface area contributed by atoms with Crippen molar-refractivity contribution in [3.05, 3.63) is 66.2 Å². The van der Waals surface area contributed by atoms with Crippen LogP contribution < -0.4 is 9.47 Å². The number of alkyl halides is 1. The number of hydrogen-bond donors (Lipinski definition) is 3. The molecule has 2 rings (SSSR count). The second-order valence-corrected chi connectivity index (χ2v) is 6.10. The minimum atomic E-state index is -0.893. The highest BCUT2D eigenvalue weighted by molar-refractivity contribution is 6.18. The quantitative estimate of drug-likeness (QED) is 0.553. The van der Waals surface area contributed by atoms with Gasteiger partial charge < -0.3 is 24.8 Å². The molecule has 0 aromatic heterocycles. The number of rotatable bonds is 10. The van der Waals surface area contributed by atoms with Gasteiger partial charge >= 0.3 is 0 Å². The average molecular weight is 379 g/mol. The van der Waals surface area contributed by atoms with E-state index in [4.69, 9.17) is 26.2 Å². The van der Waals surface area contributed by atoms with Crippen LogP contribution >= 0.6 is 11.6 Å². The lowest BCUT2D eigenvalue weighted by Crippen LogP contribution is -2.21. The molecule has 2 unspecified atom stereocenters. The molecule has 3 N–H and O–H groups in total. The minimum Gasteiger partial charge on any atom is -0.491 e. The summed E-state index contributed by atoms with van der Waals surface area (Å²) in [5.41, 5.74) is 2.73. The van der Waals surface area contributed by atoms with E-state index < -0.39 is 12.2 Å². The largest absolute Gasteiger partial charge is 0.491 e. The summed E-state index contributed by atoms with van der Waals surface area (Å²) in [5, 5.41) is 27.5. The van der Waals surface area contributed by atoms with Crippen molar-refractivity contribution in [3.63, 3.8) is 0 Å². The fraction of sp³-hybridized carbons (Fsp3) is 0.300. The van der Waals surface area contributed by atoms with Crippen molar-refractivity contribution in [1.29, 1.82) is 0 Å². The van der Waals surface area contributed by atoms with Crippen LogP contribution in [0.25, 0.3) is 5.57 Å². The Morgan fingerprint density at radius 3 is 1.65 bits per heavy atom. The normalized spacial score (nSPS) is 13.1. The first-order chi connectivity index (χ1) is 12.5. The Bertz CT molecular complexity index is 625. The zero-order valence-corrected chi connectivity index (χ0v) is 15.1. The lowest BCUT2D eigenvalue weighted by Gasteiger charge is -2.12. The number of halogens is 1. The average Bonchev–Trinajstić information content (AvgIpc) is 2.70. The van der Waals surface area contributed by atoms with Crippen LogP contribution in [-0.4, -0.2) is 53.2 Å². The highest BCUT2D eigenvalue weighted by atomic mass is 35.5. The van der Waals surface area contributed by atoms with E-state index in [1.54, 1.807) is 12.1 Å². The maximum Gasteiger partial charge on any atom is 0.119 e. The molecule has 0 heterocycles. The maximum absolute atomic E-state index is 9.41. The molecule has 0 amide bonds. The highest BCUT2D eigenvalue weighted by Gasteiger charge is 2.07. The van der Waals surface area contributed by atoms with E-state index in [-0.39, 0.29) is 25.7 Å². The third-order valence-corrected chi connectivity index (χ3v) is 4.04. The summed E-state index contributed by atoms with van der Waals surface area (Å²) in [6, 6.07) is 14.8. The molecule has 6 heteroatoms. The predicted molar refractivity (Wildman–Crippen MR) is 102 cm³/mol. The molecule has 0 saturated carbocycles. The van der Waals surface area contributed by atoms with Crippen molar-refractivity contribution in [2.75, 3.05) is 25.7 Å². The van der Waals surface area contributed by atoms with Gasteiger partial charge in [0.05, 0.1) is 12.5 Å². The van der Waals surface area contributed by atoms with Gasteiger partial charge in [0.15, 0.2) is 0 Å². The number of aliphatic hydroxyl groups excluding tert-OH is 3. The Hall–Kier alpha value is -2.05. The van der Waals surface area contributed by atoms with Crippen LogP contribution in [0.5, 0.6) is 11.5 Å². The van der Waals surface area contributed by atoms with Gasteiger partial charge in [-0.1, -0.05) is 30.8 Å². The van der Waals surface area contributed by atoms with Gasteiger partial charge in [0.25, 0.3) is 0 Å². The molecule has 0 aliphatic rings. The van der Waals surface area contributed by atoms with Crippen molar-refractivity contribution >= 4 is 17.2 Å². The predicted octanol–water partition coefficient (Wildman–Crippen LogP) is 2.46. The van der Waals surface area contributed by atoms with Crippen LogP contribution in [0.15, 0.2) is 55.1 Å². The Morgan fingerprint density at radius 2 is 1.27 bits per heavy atom. The van der Waals surface area contributed by atoms with E-state index in [1.165, 1.54) is 0 Å². The van der Waals surface area contributed by atoms with Crippen molar-refractivity contribution in [1.82, 2.24) is 0 Å². The van der Waals surface area contributed by atoms with E-state index in [0.29, 0.717) is 11.5 Å². The summed E-state index contributed by atoms with van der Waals surface area (Å²) in [4.78, 5) is 0. The van der Waals surface area contributed by atoms with Gasteiger partial charge in [-0.3, -0.25) is 0 Å². The van der Waals surface area contributed by atoms with Gasteiger partial charge in [-0.05, 0) is 41.0 Å². The van der Waals surface area contributed by atoms with E-state index >= 15 is 0 Å². The monoisotopic (exact) mass is 378 g/mol. The lowest BCUT2D eigenvalue weighted by atomic mass is 9.99. The molecule has 2 aromatic carbocycles. The van der Waals surface area contributed by atoms with E-state index in [9.17, 15) is 10.2 Å². The van der Waals surface area contributed by atoms with Crippen LogP contribution in [0.1, 0.15) is 11.1 Å². The second-order valence-electron chi connectivity index (χ2n) is 5.79. The van der Waals surface area contributed by atoms with Gasteiger partial charge in [-0.15, -0.1) is 11.6 Å². The molecule has 0 radical (unpaired) electrons. The van der Waals surface area contributed by atoms with Crippen LogP contribution in [0.2, 0.25) is 0 Å². The molecule has 0 saturated heterocycles. The molecule has 0 spiro atoms. The minimum absolute atomic E-state index is 0.0384. The van der Waals surface area contributed by atoms with Crippen molar-refractivity contribution < 1.29 is 24.8 Å². The highest BCUT2D eigenvalue weighted by Crippen LogP contribution is 2.25. The molecular formula is C20H23ClO5. The Labute approximate surface area is 158 Å². The van der Waals surface area contributed by atoms with Crippen LogP contribution in [0, 0.1) is 0 Å². The topological polar surface area (TPSA) is 79.2 Å². The first kappa shape index (κ1) is 20.3. The van der Waals surface area contributed by atoms with Crippen molar-refractivity contribution in [2.24, 2.45) is 0 Å².